The number of hydrogen-bond acceptors (Lipinski definition) is 6. The predicted molar refractivity (Wildman–Crippen MR) is 136 cm³/mol. The van der Waals surface area contributed by atoms with Gasteiger partial charge in [0.1, 0.15) is 6.10 Å². The summed E-state index contributed by atoms with van der Waals surface area (Å²) < 4.78 is 45.6. The molecular weight excluding hydrogens is 513 g/mol. The van der Waals surface area contributed by atoms with Crippen molar-refractivity contribution in [3.63, 3.8) is 0 Å². The lowest BCUT2D eigenvalue weighted by atomic mass is 10.0. The van der Waals surface area contributed by atoms with Crippen LogP contribution in [-0.4, -0.2) is 73.0 Å². The van der Waals surface area contributed by atoms with Gasteiger partial charge in [0.05, 0.1) is 22.9 Å². The molecule has 3 aliphatic rings. The molecule has 3 amide bonds. The van der Waals surface area contributed by atoms with Crippen LogP contribution in [0.2, 0.25) is 0 Å². The summed E-state index contributed by atoms with van der Waals surface area (Å²) >= 11 is 0. The second kappa shape index (κ2) is 12.3. The van der Waals surface area contributed by atoms with Crippen LogP contribution in [0.1, 0.15) is 63.0 Å². The first kappa shape index (κ1) is 28.8. The van der Waals surface area contributed by atoms with Gasteiger partial charge in [0.15, 0.2) is 0 Å². The summed E-state index contributed by atoms with van der Waals surface area (Å²) in [6.45, 7) is 6.20. The summed E-state index contributed by atoms with van der Waals surface area (Å²) in [7, 11) is 0. The summed E-state index contributed by atoms with van der Waals surface area (Å²) in [4.78, 5) is 43.2. The van der Waals surface area contributed by atoms with Gasteiger partial charge in [-0.15, -0.1) is 0 Å². The van der Waals surface area contributed by atoms with Crippen LogP contribution in [-0.2, 0) is 25.3 Å². The average Bonchev–Trinajstić information content (AvgIpc) is 3.53. The molecule has 0 radical (unpaired) electrons. The van der Waals surface area contributed by atoms with E-state index in [1.54, 1.807) is 0 Å². The Morgan fingerprint density at radius 3 is 2.44 bits per heavy atom. The normalized spacial score (nSPS) is 20.7. The zero-order valence-electron chi connectivity index (χ0n) is 22.1. The number of carbonyl (C=O) groups excluding carboxylic acids is 3. The van der Waals surface area contributed by atoms with E-state index in [0.717, 1.165) is 62.7 Å². The molecule has 4 rings (SSSR count). The molecule has 0 spiro atoms. The average molecular weight is 547 g/mol. The van der Waals surface area contributed by atoms with Crippen LogP contribution in [0.15, 0.2) is 29.3 Å². The second-order valence-corrected chi connectivity index (χ2v) is 10.2. The molecule has 0 N–H and O–H groups in total. The van der Waals surface area contributed by atoms with Gasteiger partial charge in [-0.25, -0.2) is 4.90 Å². The highest BCUT2D eigenvalue weighted by atomic mass is 19.4. The van der Waals surface area contributed by atoms with Gasteiger partial charge in [-0.2, -0.15) is 18.4 Å². The number of nitrogens with zero attached hydrogens (tertiary/aromatic N) is 4. The highest BCUT2D eigenvalue weighted by Crippen LogP contribution is 2.37. The standard InChI is InChI=1S/C28H33F3N4O4/c1-19-22(26(37)35(25(19)36)21-10-9-20(18-32)23(17-21)28(29,30)31)7-4-2-3-5-11-33-12-14-34(15-13-33)27(38)24-8-6-16-39-24/h9-10,17,24H,2-8,11-16H2,1H3. The first-order chi connectivity index (χ1) is 18.6. The molecule has 39 heavy (non-hydrogen) atoms. The van der Waals surface area contributed by atoms with Gasteiger partial charge >= 0.3 is 6.18 Å². The number of benzene rings is 1. The number of hydrogen-bond donors (Lipinski definition) is 0. The molecule has 0 aliphatic carbocycles. The number of nitriles is 1. The monoisotopic (exact) mass is 546 g/mol. The number of amides is 3. The summed E-state index contributed by atoms with van der Waals surface area (Å²) in [5.41, 5.74) is -1.36. The highest BCUT2D eigenvalue weighted by Gasteiger charge is 2.39. The summed E-state index contributed by atoms with van der Waals surface area (Å²) in [6.07, 6.45) is 0.519. The molecule has 1 aromatic rings. The van der Waals surface area contributed by atoms with Crippen molar-refractivity contribution in [3.05, 3.63) is 40.5 Å². The third-order valence-corrected chi connectivity index (χ3v) is 7.67. The van der Waals surface area contributed by atoms with Crippen molar-refractivity contribution < 1.29 is 32.3 Å². The molecule has 1 unspecified atom stereocenters. The van der Waals surface area contributed by atoms with Crippen molar-refractivity contribution in [2.45, 2.75) is 64.1 Å². The van der Waals surface area contributed by atoms with Crippen molar-refractivity contribution >= 4 is 23.4 Å². The maximum Gasteiger partial charge on any atom is 0.417 e. The molecule has 0 bridgehead atoms. The number of piperazine rings is 1. The lowest BCUT2D eigenvalue weighted by Crippen LogP contribution is -2.51. The van der Waals surface area contributed by atoms with Crippen LogP contribution in [0.25, 0.3) is 0 Å². The van der Waals surface area contributed by atoms with E-state index >= 15 is 0 Å². The van der Waals surface area contributed by atoms with Crippen molar-refractivity contribution in [2.24, 2.45) is 0 Å². The molecule has 8 nitrogen and oxygen atoms in total. The van der Waals surface area contributed by atoms with E-state index in [2.05, 4.69) is 4.90 Å². The van der Waals surface area contributed by atoms with E-state index in [1.807, 2.05) is 4.90 Å². The minimum absolute atomic E-state index is 0.107. The fourth-order valence-corrected chi connectivity index (χ4v) is 5.38. The van der Waals surface area contributed by atoms with Crippen molar-refractivity contribution in [3.8, 4) is 6.07 Å². The molecule has 3 aliphatic heterocycles. The van der Waals surface area contributed by atoms with Crippen LogP contribution in [0.4, 0.5) is 18.9 Å². The van der Waals surface area contributed by atoms with Gasteiger partial charge in [0, 0.05) is 43.9 Å². The zero-order valence-corrected chi connectivity index (χ0v) is 22.1. The van der Waals surface area contributed by atoms with Crippen LogP contribution in [0.3, 0.4) is 0 Å². The Balaban J connectivity index is 1.20. The van der Waals surface area contributed by atoms with Gasteiger partial charge in [-0.3, -0.25) is 19.3 Å². The fourth-order valence-electron chi connectivity index (χ4n) is 5.38. The Morgan fingerprint density at radius 1 is 1.08 bits per heavy atom. The quantitative estimate of drug-likeness (QED) is 0.343. The van der Waals surface area contributed by atoms with E-state index in [0.29, 0.717) is 44.2 Å². The first-order valence-corrected chi connectivity index (χ1v) is 13.4. The van der Waals surface area contributed by atoms with Gasteiger partial charge in [-0.05, 0) is 63.8 Å². The summed E-state index contributed by atoms with van der Waals surface area (Å²) in [5, 5.41) is 9.00. The number of halogens is 3. The smallest absolute Gasteiger partial charge is 0.368 e. The number of carbonyl (C=O) groups is 3. The number of unbranched alkanes of at least 4 members (excludes halogenated alkanes) is 3. The Bertz CT molecular complexity index is 1180. The lowest BCUT2D eigenvalue weighted by Gasteiger charge is -2.35. The predicted octanol–water partition coefficient (Wildman–Crippen LogP) is 4.04. The van der Waals surface area contributed by atoms with Crippen LogP contribution in [0.5, 0.6) is 0 Å². The van der Waals surface area contributed by atoms with E-state index in [-0.39, 0.29) is 23.3 Å². The molecule has 210 valence electrons. The second-order valence-electron chi connectivity index (χ2n) is 10.2. The largest absolute Gasteiger partial charge is 0.417 e. The topological polar surface area (TPSA) is 93.9 Å². The minimum Gasteiger partial charge on any atom is -0.368 e. The molecule has 0 aromatic heterocycles. The first-order valence-electron chi connectivity index (χ1n) is 13.4. The van der Waals surface area contributed by atoms with Crippen molar-refractivity contribution in [1.29, 1.82) is 5.26 Å². The SMILES string of the molecule is CC1=C(CCCCCCN2CCN(C(=O)C3CCCO3)CC2)C(=O)N(c2ccc(C#N)c(C(F)(F)F)c2)C1=O. The highest BCUT2D eigenvalue weighted by molar-refractivity contribution is 6.32. The minimum atomic E-state index is -4.78. The molecular formula is C28H33F3N4O4. The third kappa shape index (κ3) is 6.50. The number of imide groups is 1. The Morgan fingerprint density at radius 2 is 1.79 bits per heavy atom. The molecule has 2 saturated heterocycles. The summed E-state index contributed by atoms with van der Waals surface area (Å²) in [5.74, 6) is -1.13. The van der Waals surface area contributed by atoms with Gasteiger partial charge in [-0.1, -0.05) is 12.8 Å². The molecule has 0 saturated carbocycles. The number of rotatable bonds is 9. The molecule has 1 aromatic carbocycles. The Hall–Kier alpha value is -3.23. The van der Waals surface area contributed by atoms with Crippen molar-refractivity contribution in [1.82, 2.24) is 9.80 Å². The molecule has 2 fully saturated rings. The van der Waals surface area contributed by atoms with Crippen LogP contribution >= 0.6 is 0 Å². The third-order valence-electron chi connectivity index (χ3n) is 7.67. The maximum absolute atomic E-state index is 13.4. The number of alkyl halides is 3. The van der Waals surface area contributed by atoms with E-state index < -0.39 is 29.1 Å². The molecule has 3 heterocycles. The van der Waals surface area contributed by atoms with E-state index in [1.165, 1.54) is 19.1 Å². The van der Waals surface area contributed by atoms with Gasteiger partial charge < -0.3 is 9.64 Å². The Labute approximate surface area is 226 Å². The van der Waals surface area contributed by atoms with Crippen molar-refractivity contribution in [2.75, 3.05) is 44.2 Å². The van der Waals surface area contributed by atoms with Crippen LogP contribution in [0, 0.1) is 11.3 Å². The molecule has 1 atom stereocenters. The maximum atomic E-state index is 13.4. The van der Waals surface area contributed by atoms with Gasteiger partial charge in [0.25, 0.3) is 17.7 Å². The number of ether oxygens (including phenoxy) is 1. The van der Waals surface area contributed by atoms with Gasteiger partial charge in [0.2, 0.25) is 0 Å². The van der Waals surface area contributed by atoms with E-state index in [4.69, 9.17) is 10.00 Å². The Kier molecular flexibility index (Phi) is 9.08. The fraction of sp³-hybridized carbons (Fsp3) is 0.571. The lowest BCUT2D eigenvalue weighted by molar-refractivity contribution is -0.142. The number of anilines is 1. The summed E-state index contributed by atoms with van der Waals surface area (Å²) in [6, 6.07) is 4.36. The molecule has 11 heteroatoms. The van der Waals surface area contributed by atoms with Crippen LogP contribution < -0.4 is 4.90 Å². The van der Waals surface area contributed by atoms with E-state index in [9.17, 15) is 27.6 Å². The zero-order chi connectivity index (χ0) is 28.2.